The Kier molecular flexibility index (Phi) is 37.8. The zero-order valence-electron chi connectivity index (χ0n) is 41.5. The number of ether oxygens (including phenoxy) is 2. The zero-order valence-corrected chi connectivity index (χ0v) is 41.5. The molecule has 1 aromatic rings. The summed E-state index contributed by atoms with van der Waals surface area (Å²) in [5, 5.41) is 65.4. The van der Waals surface area contributed by atoms with Gasteiger partial charge in [0.15, 0.2) is 6.29 Å². The third-order valence-corrected chi connectivity index (χ3v) is 13.8. The van der Waals surface area contributed by atoms with Crippen LogP contribution in [0.25, 0.3) is 0 Å². The van der Waals surface area contributed by atoms with Gasteiger partial charge in [-0.05, 0) is 31.2 Å². The number of benzene rings is 1. The van der Waals surface area contributed by atoms with Gasteiger partial charge in [0.25, 0.3) is 0 Å². The van der Waals surface area contributed by atoms with E-state index in [9.17, 15) is 35.4 Å². The molecule has 7 N–H and O–H groups in total. The summed E-state index contributed by atoms with van der Waals surface area (Å²) in [5.74, 6) is -0.254. The largest absolute Gasteiger partial charge is 0.394 e. The van der Waals surface area contributed by atoms with E-state index in [-0.39, 0.29) is 18.9 Å². The van der Waals surface area contributed by atoms with Gasteiger partial charge in [0, 0.05) is 6.42 Å². The van der Waals surface area contributed by atoms with Crippen molar-refractivity contribution < 1.29 is 44.9 Å². The summed E-state index contributed by atoms with van der Waals surface area (Å²) in [6, 6.07) is 9.88. The standard InChI is InChI=1S/C55H101NO9/c1-2-3-4-5-6-7-8-22-25-28-31-37-42-48(58)51(60)47(45-64-55-54(63)53(62)52(61)49(44-57)65-55)56-50(59)43-38-32-29-26-23-20-18-16-14-12-10-9-11-13-15-17-19-21-24-27-30-34-39-46-40-35-33-36-41-46/h33,35-36,40-41,47-49,51-55,57-58,60-63H,2-32,34,37-39,42-45H2,1H3,(H,56,59)/t47-,48+,49?,51-,52?,53?,54?,55?/m0/s1. The summed E-state index contributed by atoms with van der Waals surface area (Å²) < 4.78 is 11.2. The molecule has 1 saturated heterocycles. The van der Waals surface area contributed by atoms with E-state index in [1.54, 1.807) is 0 Å². The van der Waals surface area contributed by atoms with Crippen molar-refractivity contribution in [2.75, 3.05) is 13.2 Å². The van der Waals surface area contributed by atoms with Gasteiger partial charge in [0.1, 0.15) is 30.5 Å². The van der Waals surface area contributed by atoms with Crippen molar-refractivity contribution >= 4 is 5.91 Å². The molecule has 0 saturated carbocycles. The SMILES string of the molecule is CCCCCCCCCCCCCC[C@@H](O)[C@@H](O)[C@H](COC1OC(CO)C(O)C(O)C1O)NC(=O)CCCCCCCCCCCCCCCCCCCCCCCCc1ccccc1. The normalized spacial score (nSPS) is 20.2. The Hall–Kier alpha value is -1.63. The van der Waals surface area contributed by atoms with Gasteiger partial charge in [-0.25, -0.2) is 0 Å². The van der Waals surface area contributed by atoms with Crippen molar-refractivity contribution in [3.63, 3.8) is 0 Å². The minimum absolute atomic E-state index is 0.254. The number of carbonyl (C=O) groups is 1. The molecule has 0 aliphatic carbocycles. The summed E-state index contributed by atoms with van der Waals surface area (Å²) in [7, 11) is 0. The minimum atomic E-state index is -1.61. The van der Waals surface area contributed by atoms with Crippen LogP contribution in [0.2, 0.25) is 0 Å². The topological polar surface area (TPSA) is 169 Å². The van der Waals surface area contributed by atoms with Crippen LogP contribution < -0.4 is 5.32 Å². The van der Waals surface area contributed by atoms with Gasteiger partial charge >= 0.3 is 0 Å². The number of amides is 1. The maximum Gasteiger partial charge on any atom is 0.220 e. The number of carbonyl (C=O) groups excluding carboxylic acids is 1. The second-order valence-corrected chi connectivity index (χ2v) is 19.7. The monoisotopic (exact) mass is 920 g/mol. The van der Waals surface area contributed by atoms with Crippen molar-refractivity contribution in [2.45, 2.75) is 293 Å². The lowest BCUT2D eigenvalue weighted by atomic mass is 9.98. The fourth-order valence-corrected chi connectivity index (χ4v) is 9.34. The first-order chi connectivity index (χ1) is 31.8. The lowest BCUT2D eigenvalue weighted by molar-refractivity contribution is -0.303. The van der Waals surface area contributed by atoms with E-state index in [4.69, 9.17) is 9.47 Å². The van der Waals surface area contributed by atoms with Crippen LogP contribution in [0.3, 0.4) is 0 Å². The molecule has 10 nitrogen and oxygen atoms in total. The molecule has 1 aliphatic heterocycles. The average Bonchev–Trinajstić information content (AvgIpc) is 3.31. The van der Waals surface area contributed by atoms with Crippen molar-refractivity contribution in [3.8, 4) is 0 Å². The maximum atomic E-state index is 13.1. The van der Waals surface area contributed by atoms with Crippen LogP contribution in [0, 0.1) is 0 Å². The molecule has 1 aromatic carbocycles. The Morgan fingerprint density at radius 1 is 0.569 bits per heavy atom. The third kappa shape index (κ3) is 30.5. The van der Waals surface area contributed by atoms with E-state index in [2.05, 4.69) is 42.6 Å². The van der Waals surface area contributed by atoms with Gasteiger partial charge < -0.3 is 45.4 Å². The maximum absolute atomic E-state index is 13.1. The highest BCUT2D eigenvalue weighted by Gasteiger charge is 2.44. The predicted octanol–water partition coefficient (Wildman–Crippen LogP) is 11.3. The quantitative estimate of drug-likeness (QED) is 0.0315. The molecule has 0 radical (unpaired) electrons. The molecule has 0 aromatic heterocycles. The van der Waals surface area contributed by atoms with Gasteiger partial charge in [0.2, 0.25) is 5.91 Å². The van der Waals surface area contributed by atoms with E-state index in [0.29, 0.717) is 6.42 Å². The number of aliphatic hydroxyl groups excluding tert-OH is 6. The molecule has 1 fully saturated rings. The molecule has 1 amide bonds. The fourth-order valence-electron chi connectivity index (χ4n) is 9.34. The fraction of sp³-hybridized carbons (Fsp3) is 0.873. The van der Waals surface area contributed by atoms with E-state index >= 15 is 0 Å². The lowest BCUT2D eigenvalue weighted by Gasteiger charge is -2.40. The van der Waals surface area contributed by atoms with E-state index in [1.807, 2.05) is 0 Å². The molecule has 2 rings (SSSR count). The van der Waals surface area contributed by atoms with Crippen LogP contribution in [0.4, 0.5) is 0 Å². The molecule has 5 unspecified atom stereocenters. The molecule has 10 heteroatoms. The second kappa shape index (κ2) is 41.4. The predicted molar refractivity (Wildman–Crippen MR) is 266 cm³/mol. The van der Waals surface area contributed by atoms with Gasteiger partial charge in [-0.2, -0.15) is 0 Å². The summed E-state index contributed by atoms with van der Waals surface area (Å²) in [6.45, 7) is 1.34. The van der Waals surface area contributed by atoms with E-state index in [1.165, 1.54) is 179 Å². The lowest BCUT2D eigenvalue weighted by Crippen LogP contribution is -2.60. The van der Waals surface area contributed by atoms with Crippen LogP contribution in [-0.4, -0.2) is 98.7 Å². The van der Waals surface area contributed by atoms with Crippen molar-refractivity contribution in [3.05, 3.63) is 35.9 Å². The van der Waals surface area contributed by atoms with Crippen molar-refractivity contribution in [2.24, 2.45) is 0 Å². The number of rotatable bonds is 45. The van der Waals surface area contributed by atoms with Crippen LogP contribution in [-0.2, 0) is 20.7 Å². The first-order valence-electron chi connectivity index (χ1n) is 27.4. The Balaban J connectivity index is 1.50. The Labute approximate surface area is 397 Å². The van der Waals surface area contributed by atoms with Crippen LogP contribution >= 0.6 is 0 Å². The smallest absolute Gasteiger partial charge is 0.220 e. The van der Waals surface area contributed by atoms with E-state index in [0.717, 1.165) is 51.4 Å². The van der Waals surface area contributed by atoms with Crippen molar-refractivity contribution in [1.82, 2.24) is 5.32 Å². The summed E-state index contributed by atoms with van der Waals surface area (Å²) in [6.07, 6.45) is 34.9. The number of nitrogens with one attached hydrogen (secondary N) is 1. The first-order valence-corrected chi connectivity index (χ1v) is 27.4. The summed E-state index contributed by atoms with van der Waals surface area (Å²) in [5.41, 5.74) is 1.47. The number of hydrogen-bond donors (Lipinski definition) is 7. The first kappa shape index (κ1) is 59.5. The minimum Gasteiger partial charge on any atom is -0.394 e. The summed E-state index contributed by atoms with van der Waals surface area (Å²) in [4.78, 5) is 13.1. The number of aliphatic hydroxyl groups is 6. The zero-order chi connectivity index (χ0) is 47.0. The Bertz CT molecular complexity index is 1190. The highest BCUT2D eigenvalue weighted by Crippen LogP contribution is 2.23. The van der Waals surface area contributed by atoms with Crippen LogP contribution in [0.1, 0.15) is 244 Å². The molecule has 0 spiro atoms. The molecule has 1 aliphatic rings. The van der Waals surface area contributed by atoms with Gasteiger partial charge in [-0.15, -0.1) is 0 Å². The number of hydrogen-bond acceptors (Lipinski definition) is 9. The van der Waals surface area contributed by atoms with Gasteiger partial charge in [0.05, 0.1) is 25.4 Å². The highest BCUT2D eigenvalue weighted by atomic mass is 16.7. The molecular formula is C55H101NO9. The third-order valence-electron chi connectivity index (χ3n) is 13.8. The molecular weight excluding hydrogens is 819 g/mol. The molecule has 380 valence electrons. The molecule has 65 heavy (non-hydrogen) atoms. The Morgan fingerprint density at radius 3 is 1.43 bits per heavy atom. The van der Waals surface area contributed by atoms with Gasteiger partial charge in [-0.1, -0.05) is 243 Å². The molecule has 8 atom stereocenters. The van der Waals surface area contributed by atoms with E-state index < -0.39 is 55.6 Å². The molecule has 0 bridgehead atoms. The Morgan fingerprint density at radius 2 is 0.985 bits per heavy atom. The van der Waals surface area contributed by atoms with Crippen LogP contribution in [0.5, 0.6) is 0 Å². The molecule has 1 heterocycles. The average molecular weight is 920 g/mol. The van der Waals surface area contributed by atoms with Crippen LogP contribution in [0.15, 0.2) is 30.3 Å². The number of unbranched alkanes of at least 4 members (excludes halogenated alkanes) is 32. The summed E-state index contributed by atoms with van der Waals surface area (Å²) >= 11 is 0. The second-order valence-electron chi connectivity index (χ2n) is 19.7. The number of aryl methyl sites for hydroxylation is 1. The highest BCUT2D eigenvalue weighted by molar-refractivity contribution is 5.76. The van der Waals surface area contributed by atoms with Crippen molar-refractivity contribution in [1.29, 1.82) is 0 Å². The van der Waals surface area contributed by atoms with Gasteiger partial charge in [-0.3, -0.25) is 4.79 Å².